The van der Waals surface area contributed by atoms with Crippen LogP contribution in [0.4, 0.5) is 11.4 Å². The van der Waals surface area contributed by atoms with Crippen LogP contribution in [0.5, 0.6) is 17.2 Å². The summed E-state index contributed by atoms with van der Waals surface area (Å²) >= 11 is 0. The largest absolute Gasteiger partial charge is 0.506 e. The van der Waals surface area contributed by atoms with E-state index in [0.29, 0.717) is 35.8 Å². The fourth-order valence-corrected chi connectivity index (χ4v) is 5.47. The molecule has 0 radical (unpaired) electrons. The quantitative estimate of drug-likeness (QED) is 0.430. The van der Waals surface area contributed by atoms with E-state index in [1.807, 2.05) is 43.0 Å². The number of carbonyl (C=O) groups excluding carboxylic acids is 1. The number of fused-ring (bicyclic) bond motifs is 2. The van der Waals surface area contributed by atoms with Crippen molar-refractivity contribution in [3.8, 4) is 17.2 Å². The van der Waals surface area contributed by atoms with Crippen LogP contribution in [0.25, 0.3) is 0 Å². The molecule has 0 bridgehead atoms. The maximum atomic E-state index is 13.1. The summed E-state index contributed by atoms with van der Waals surface area (Å²) in [5.41, 5.74) is 2.79. The highest BCUT2D eigenvalue weighted by molar-refractivity contribution is 5.99. The minimum absolute atomic E-state index is 0.0164. The second-order valence-electron chi connectivity index (χ2n) is 9.74. The van der Waals surface area contributed by atoms with E-state index in [4.69, 9.17) is 4.74 Å². The summed E-state index contributed by atoms with van der Waals surface area (Å²) < 4.78 is 6.15. The monoisotopic (exact) mass is 515 g/mol. The summed E-state index contributed by atoms with van der Waals surface area (Å²) in [7, 11) is 0. The lowest BCUT2D eigenvalue weighted by Gasteiger charge is -2.43. The molecule has 5 rings (SSSR count). The van der Waals surface area contributed by atoms with Gasteiger partial charge in [-0.3, -0.25) is 9.69 Å². The number of anilines is 2. The minimum Gasteiger partial charge on any atom is -0.506 e. The van der Waals surface area contributed by atoms with Crippen LogP contribution in [0.1, 0.15) is 53.0 Å². The molecular formula is C30H33N3O5. The fraction of sp³-hybridized carbons (Fsp3) is 0.333. The van der Waals surface area contributed by atoms with E-state index in [2.05, 4.69) is 17.0 Å². The molecule has 8 nitrogen and oxygen atoms in total. The van der Waals surface area contributed by atoms with E-state index in [-0.39, 0.29) is 29.0 Å². The maximum Gasteiger partial charge on any atom is 0.339 e. The molecule has 2 heterocycles. The second kappa shape index (κ2) is 10.8. The van der Waals surface area contributed by atoms with E-state index in [0.717, 1.165) is 32.5 Å². The molecule has 0 spiro atoms. The summed E-state index contributed by atoms with van der Waals surface area (Å²) in [6, 6.07) is 18.5. The molecule has 1 saturated heterocycles. The number of piperidine rings is 1. The summed E-state index contributed by atoms with van der Waals surface area (Å²) in [5.74, 6) is -0.773. The van der Waals surface area contributed by atoms with Gasteiger partial charge in [0.25, 0.3) is 5.91 Å². The van der Waals surface area contributed by atoms with Gasteiger partial charge in [0.05, 0.1) is 5.69 Å². The van der Waals surface area contributed by atoms with Crippen LogP contribution >= 0.6 is 0 Å². The number of carboxylic acid groups (broad SMARTS) is 1. The Balaban J connectivity index is 1.50. The molecule has 0 atom stereocenters. The first-order chi connectivity index (χ1) is 18.4. The van der Waals surface area contributed by atoms with Gasteiger partial charge in [-0.1, -0.05) is 30.3 Å². The van der Waals surface area contributed by atoms with Crippen molar-refractivity contribution in [1.82, 2.24) is 9.80 Å². The third-order valence-electron chi connectivity index (χ3n) is 7.48. The molecule has 2 N–H and O–H groups in total. The number of benzene rings is 3. The van der Waals surface area contributed by atoms with Crippen LogP contribution in [-0.2, 0) is 6.54 Å². The van der Waals surface area contributed by atoms with E-state index in [9.17, 15) is 19.8 Å². The maximum absolute atomic E-state index is 13.1. The van der Waals surface area contributed by atoms with Crippen LogP contribution < -0.4 is 9.64 Å². The predicted octanol–water partition coefficient (Wildman–Crippen LogP) is 5.48. The first-order valence-electron chi connectivity index (χ1n) is 13.2. The molecule has 2 aliphatic heterocycles. The Labute approximate surface area is 222 Å². The molecule has 1 fully saturated rings. The summed E-state index contributed by atoms with van der Waals surface area (Å²) in [6.07, 6.45) is 1.64. The number of ether oxygens (including phenoxy) is 1. The van der Waals surface area contributed by atoms with Gasteiger partial charge in [-0.25, -0.2) is 4.79 Å². The lowest BCUT2D eigenvalue weighted by molar-refractivity contribution is 0.0692. The predicted molar refractivity (Wildman–Crippen MR) is 146 cm³/mol. The zero-order chi connectivity index (χ0) is 26.8. The number of nitrogens with zero attached hydrogens (tertiary/aromatic N) is 3. The standard InChI is InChI=1S/C30H33N3O5/c1-3-32(4-2)29(35)21-10-12-24-26(18-21)38-28-23(30(36)37)11-13-25(34)27(28)33(24)22-14-16-31(17-15-22)19-20-8-6-5-7-9-20/h5-13,18,22,34H,3-4,14-17,19H2,1-2H3,(H,36,37). The third-order valence-corrected chi connectivity index (χ3v) is 7.48. The van der Waals surface area contributed by atoms with Crippen molar-refractivity contribution in [3.63, 3.8) is 0 Å². The Bertz CT molecular complexity index is 1330. The molecule has 1 amide bonds. The highest BCUT2D eigenvalue weighted by Gasteiger charge is 2.37. The van der Waals surface area contributed by atoms with E-state index >= 15 is 0 Å². The number of rotatable bonds is 7. The molecular weight excluding hydrogens is 482 g/mol. The van der Waals surface area contributed by atoms with Crippen molar-refractivity contribution in [2.75, 3.05) is 31.1 Å². The topological polar surface area (TPSA) is 93.5 Å². The van der Waals surface area contributed by atoms with Crippen LogP contribution in [0.2, 0.25) is 0 Å². The third kappa shape index (κ3) is 4.79. The van der Waals surface area contributed by atoms with Gasteiger partial charge >= 0.3 is 5.97 Å². The number of carboxylic acids is 1. The van der Waals surface area contributed by atoms with Gasteiger partial charge in [0.15, 0.2) is 11.5 Å². The van der Waals surface area contributed by atoms with Gasteiger partial charge < -0.3 is 24.7 Å². The van der Waals surface area contributed by atoms with Gasteiger partial charge in [0.2, 0.25) is 0 Å². The minimum atomic E-state index is -1.14. The molecule has 2 aliphatic rings. The van der Waals surface area contributed by atoms with Crippen LogP contribution in [0.3, 0.4) is 0 Å². The number of carbonyl (C=O) groups is 2. The molecule has 0 unspecified atom stereocenters. The smallest absolute Gasteiger partial charge is 0.339 e. The van der Waals surface area contributed by atoms with Crippen LogP contribution in [0.15, 0.2) is 60.7 Å². The average molecular weight is 516 g/mol. The van der Waals surface area contributed by atoms with Crippen molar-refractivity contribution in [2.45, 2.75) is 39.3 Å². The highest BCUT2D eigenvalue weighted by Crippen LogP contribution is 2.54. The average Bonchev–Trinajstić information content (AvgIpc) is 2.93. The Morgan fingerprint density at radius 1 is 1.00 bits per heavy atom. The number of aromatic carboxylic acids is 1. The molecule has 0 aliphatic carbocycles. The molecule has 3 aromatic carbocycles. The molecule has 0 saturated carbocycles. The number of phenols is 1. The Hall–Kier alpha value is -4.04. The molecule has 198 valence electrons. The number of likely N-dealkylation sites (tertiary alicyclic amines) is 1. The highest BCUT2D eigenvalue weighted by atomic mass is 16.5. The summed E-state index contributed by atoms with van der Waals surface area (Å²) in [6.45, 7) is 7.62. The van der Waals surface area contributed by atoms with Crippen molar-refractivity contribution < 1.29 is 24.5 Å². The Kier molecular flexibility index (Phi) is 7.24. The molecule has 38 heavy (non-hydrogen) atoms. The lowest BCUT2D eigenvalue weighted by atomic mass is 9.97. The van der Waals surface area contributed by atoms with Crippen molar-refractivity contribution in [1.29, 1.82) is 0 Å². The molecule has 3 aromatic rings. The van der Waals surface area contributed by atoms with E-state index in [1.54, 1.807) is 17.0 Å². The van der Waals surface area contributed by atoms with E-state index in [1.165, 1.54) is 17.7 Å². The lowest BCUT2D eigenvalue weighted by Crippen LogP contribution is -2.43. The summed E-state index contributed by atoms with van der Waals surface area (Å²) in [5, 5.41) is 20.8. The zero-order valence-corrected chi connectivity index (χ0v) is 21.8. The molecule has 8 heteroatoms. The number of amides is 1. The number of hydrogen-bond donors (Lipinski definition) is 2. The van der Waals surface area contributed by atoms with Crippen molar-refractivity contribution in [3.05, 3.63) is 77.4 Å². The van der Waals surface area contributed by atoms with Crippen molar-refractivity contribution in [2.24, 2.45) is 0 Å². The van der Waals surface area contributed by atoms with E-state index < -0.39 is 5.97 Å². The number of aromatic hydroxyl groups is 1. The van der Waals surface area contributed by atoms with Gasteiger partial charge in [-0.15, -0.1) is 0 Å². The van der Waals surface area contributed by atoms with Crippen LogP contribution in [0, 0.1) is 0 Å². The van der Waals surface area contributed by atoms with Gasteiger partial charge in [-0.2, -0.15) is 0 Å². The Morgan fingerprint density at radius 2 is 1.71 bits per heavy atom. The van der Waals surface area contributed by atoms with Gasteiger partial charge in [0.1, 0.15) is 17.0 Å². The first-order valence-corrected chi connectivity index (χ1v) is 13.2. The zero-order valence-electron chi connectivity index (χ0n) is 21.8. The van der Waals surface area contributed by atoms with Crippen LogP contribution in [-0.4, -0.2) is 64.1 Å². The second-order valence-corrected chi connectivity index (χ2v) is 9.74. The SMILES string of the molecule is CCN(CC)C(=O)c1ccc2c(c1)Oc1c(C(=O)O)ccc(O)c1N2C1CCN(Cc2ccccc2)CC1. The van der Waals surface area contributed by atoms with Gasteiger partial charge in [-0.05, 0) is 62.6 Å². The fourth-order valence-electron chi connectivity index (χ4n) is 5.47. The Morgan fingerprint density at radius 3 is 2.37 bits per heavy atom. The number of hydrogen-bond acceptors (Lipinski definition) is 6. The van der Waals surface area contributed by atoms with Gasteiger partial charge in [0, 0.05) is 44.3 Å². The summed E-state index contributed by atoms with van der Waals surface area (Å²) in [4.78, 5) is 31.3. The van der Waals surface area contributed by atoms with Crippen molar-refractivity contribution >= 4 is 23.3 Å². The normalized spacial score (nSPS) is 15.4. The number of phenolic OH excluding ortho intramolecular Hbond substituents is 1. The molecule has 0 aromatic heterocycles. The first kappa shape index (κ1) is 25.6.